The molecule has 0 radical (unpaired) electrons. The number of hydrogen-bond acceptors (Lipinski definition) is 2. The van der Waals surface area contributed by atoms with Gasteiger partial charge < -0.3 is 0 Å². The van der Waals surface area contributed by atoms with Crippen LogP contribution in [0, 0.1) is 0 Å². The van der Waals surface area contributed by atoms with Crippen LogP contribution in [0.5, 0.6) is 0 Å². The van der Waals surface area contributed by atoms with E-state index in [0.717, 1.165) is 16.8 Å². The van der Waals surface area contributed by atoms with E-state index in [-0.39, 0.29) is 26.3 Å². The highest BCUT2D eigenvalue weighted by Crippen LogP contribution is 2.35. The number of alkyl halides is 3. The van der Waals surface area contributed by atoms with Crippen molar-refractivity contribution in [1.82, 2.24) is 9.78 Å². The van der Waals surface area contributed by atoms with Gasteiger partial charge in [0, 0.05) is 18.2 Å². The normalized spacial score (nSPS) is 12.1. The van der Waals surface area contributed by atoms with E-state index >= 15 is 0 Å². The summed E-state index contributed by atoms with van der Waals surface area (Å²) in [5.74, 6) is -0.545. The zero-order valence-corrected chi connectivity index (χ0v) is 13.7. The van der Waals surface area contributed by atoms with Gasteiger partial charge in [0.05, 0.1) is 10.0 Å². The van der Waals surface area contributed by atoms with E-state index in [4.69, 9.17) is 34.8 Å². The van der Waals surface area contributed by atoms with Crippen LogP contribution in [0.4, 0.5) is 13.2 Å². The van der Waals surface area contributed by atoms with Gasteiger partial charge in [-0.25, -0.2) is 0 Å². The Balaban J connectivity index is 2.36. The van der Waals surface area contributed by atoms with E-state index < -0.39 is 17.7 Å². The van der Waals surface area contributed by atoms with Gasteiger partial charge >= 0.3 is 6.18 Å². The zero-order valence-electron chi connectivity index (χ0n) is 11.5. The molecule has 0 saturated carbocycles. The first-order valence-electron chi connectivity index (χ1n) is 6.08. The van der Waals surface area contributed by atoms with Crippen molar-refractivity contribution in [2.75, 3.05) is 0 Å². The van der Waals surface area contributed by atoms with Gasteiger partial charge in [0.2, 0.25) is 0 Å². The van der Waals surface area contributed by atoms with Gasteiger partial charge in [-0.3, -0.25) is 9.48 Å². The minimum absolute atomic E-state index is 0.168. The molecule has 0 saturated heterocycles. The van der Waals surface area contributed by atoms with E-state index in [1.165, 1.54) is 25.2 Å². The number of carbonyl (C=O) groups is 1. The van der Waals surface area contributed by atoms with Crippen LogP contribution >= 0.6 is 34.8 Å². The molecule has 0 spiro atoms. The first-order chi connectivity index (χ1) is 10.6. The van der Waals surface area contributed by atoms with Crippen molar-refractivity contribution in [3.8, 4) is 0 Å². The molecule has 0 N–H and O–H groups in total. The molecular weight excluding hydrogens is 376 g/mol. The molecule has 1 aromatic carbocycles. The minimum atomic E-state index is -4.68. The molecule has 2 aromatic rings. The van der Waals surface area contributed by atoms with Crippen LogP contribution in [0.1, 0.15) is 21.6 Å². The number of hydrogen-bond donors (Lipinski definition) is 0. The Kier molecular flexibility index (Phi) is 5.08. The molecule has 0 unspecified atom stereocenters. The third kappa shape index (κ3) is 3.88. The van der Waals surface area contributed by atoms with E-state index in [2.05, 4.69) is 5.10 Å². The molecule has 0 aliphatic carbocycles. The number of nitrogens with zero attached hydrogens (tertiary/aromatic N) is 2. The maximum atomic E-state index is 12.9. The van der Waals surface area contributed by atoms with Gasteiger partial charge in [0.1, 0.15) is 5.15 Å². The molecule has 122 valence electrons. The number of halogens is 6. The summed E-state index contributed by atoms with van der Waals surface area (Å²) in [6.45, 7) is 0. The second-order valence-corrected chi connectivity index (χ2v) is 5.67. The Morgan fingerprint density at radius 1 is 1.22 bits per heavy atom. The lowest BCUT2D eigenvalue weighted by Crippen LogP contribution is -2.08. The quantitative estimate of drug-likeness (QED) is 0.533. The van der Waals surface area contributed by atoms with E-state index in [0.29, 0.717) is 0 Å². The van der Waals surface area contributed by atoms with Crippen molar-refractivity contribution in [3.05, 3.63) is 56.3 Å². The summed E-state index contributed by atoms with van der Waals surface area (Å²) in [7, 11) is 1.27. The van der Waals surface area contributed by atoms with E-state index in [1.807, 2.05) is 0 Å². The summed E-state index contributed by atoms with van der Waals surface area (Å²) in [4.78, 5) is 12.0. The van der Waals surface area contributed by atoms with Crippen LogP contribution < -0.4 is 0 Å². The number of aromatic nitrogens is 2. The lowest BCUT2D eigenvalue weighted by molar-refractivity contribution is -0.141. The fourth-order valence-electron chi connectivity index (χ4n) is 1.78. The number of aryl methyl sites for hydroxylation is 1. The fraction of sp³-hybridized carbons (Fsp3) is 0.143. The van der Waals surface area contributed by atoms with Crippen LogP contribution in [0.25, 0.3) is 6.08 Å². The second kappa shape index (κ2) is 6.55. The van der Waals surface area contributed by atoms with Gasteiger partial charge in [-0.2, -0.15) is 18.3 Å². The summed E-state index contributed by atoms with van der Waals surface area (Å²) in [6, 6.07) is 4.16. The molecule has 0 fully saturated rings. The molecule has 23 heavy (non-hydrogen) atoms. The monoisotopic (exact) mass is 382 g/mol. The first-order valence-corrected chi connectivity index (χ1v) is 7.22. The molecule has 2 rings (SSSR count). The average molecular weight is 384 g/mol. The highest BCUT2D eigenvalue weighted by Gasteiger charge is 2.37. The number of benzene rings is 1. The standard InChI is InChI=1S/C14H8Cl3F3N2O/c1-22-13(17)8(12(21-22)14(18,19)20)3-5-11(23)7-2-4-9(15)10(16)6-7/h2-6H,1H3/b5-3+. The smallest absolute Gasteiger partial charge is 0.289 e. The first kappa shape index (κ1) is 17.8. The minimum Gasteiger partial charge on any atom is -0.289 e. The number of rotatable bonds is 3. The van der Waals surface area contributed by atoms with Gasteiger partial charge in [-0.05, 0) is 30.4 Å². The predicted octanol–water partition coefficient (Wildman–Crippen LogP) is 5.30. The fourth-order valence-corrected chi connectivity index (χ4v) is 2.27. The van der Waals surface area contributed by atoms with Gasteiger partial charge in [0.15, 0.2) is 11.5 Å². The third-order valence-electron chi connectivity index (χ3n) is 2.89. The summed E-state index contributed by atoms with van der Waals surface area (Å²) in [6.07, 6.45) is -2.74. The molecule has 1 aromatic heterocycles. The van der Waals surface area contributed by atoms with Gasteiger partial charge in [-0.1, -0.05) is 34.8 Å². The molecule has 0 bridgehead atoms. The number of allylic oxidation sites excluding steroid dienone is 1. The molecule has 0 amide bonds. The predicted molar refractivity (Wildman–Crippen MR) is 83.0 cm³/mol. The molecule has 0 atom stereocenters. The van der Waals surface area contributed by atoms with Crippen molar-refractivity contribution in [2.24, 2.45) is 7.05 Å². The summed E-state index contributed by atoms with van der Waals surface area (Å²) in [5, 5.41) is 3.52. The molecular formula is C14H8Cl3F3N2O. The molecule has 0 aliphatic rings. The highest BCUT2D eigenvalue weighted by atomic mass is 35.5. The van der Waals surface area contributed by atoms with Crippen LogP contribution in [-0.4, -0.2) is 15.6 Å². The molecule has 1 heterocycles. The van der Waals surface area contributed by atoms with Crippen molar-refractivity contribution in [1.29, 1.82) is 0 Å². The Morgan fingerprint density at radius 3 is 2.43 bits per heavy atom. The van der Waals surface area contributed by atoms with Crippen molar-refractivity contribution in [3.63, 3.8) is 0 Å². The molecule has 0 aliphatic heterocycles. The van der Waals surface area contributed by atoms with Crippen molar-refractivity contribution < 1.29 is 18.0 Å². The summed E-state index contributed by atoms with van der Waals surface area (Å²) >= 11 is 17.3. The van der Waals surface area contributed by atoms with Crippen LogP contribution in [0.3, 0.4) is 0 Å². The second-order valence-electron chi connectivity index (χ2n) is 4.50. The maximum absolute atomic E-state index is 12.9. The third-order valence-corrected chi connectivity index (χ3v) is 4.07. The maximum Gasteiger partial charge on any atom is 0.435 e. The van der Waals surface area contributed by atoms with Gasteiger partial charge in [-0.15, -0.1) is 0 Å². The number of carbonyl (C=O) groups excluding carboxylic acids is 1. The number of ketones is 1. The topological polar surface area (TPSA) is 34.9 Å². The molecule has 3 nitrogen and oxygen atoms in total. The van der Waals surface area contributed by atoms with Gasteiger partial charge in [0.25, 0.3) is 0 Å². The Morgan fingerprint density at radius 2 is 1.87 bits per heavy atom. The average Bonchev–Trinajstić information content (AvgIpc) is 2.75. The zero-order chi connectivity index (χ0) is 17.4. The van der Waals surface area contributed by atoms with Crippen LogP contribution in [0.2, 0.25) is 15.2 Å². The lowest BCUT2D eigenvalue weighted by Gasteiger charge is -2.03. The SMILES string of the molecule is Cn1nc(C(F)(F)F)c(/C=C/C(=O)c2ccc(Cl)c(Cl)c2)c1Cl. The van der Waals surface area contributed by atoms with Crippen molar-refractivity contribution >= 4 is 46.7 Å². The Hall–Kier alpha value is -1.50. The largest absolute Gasteiger partial charge is 0.435 e. The summed E-state index contributed by atoms with van der Waals surface area (Å²) < 4.78 is 39.6. The lowest BCUT2D eigenvalue weighted by atomic mass is 10.1. The van der Waals surface area contributed by atoms with E-state index in [9.17, 15) is 18.0 Å². The van der Waals surface area contributed by atoms with Crippen LogP contribution in [0.15, 0.2) is 24.3 Å². The van der Waals surface area contributed by atoms with E-state index in [1.54, 1.807) is 0 Å². The van der Waals surface area contributed by atoms with Crippen molar-refractivity contribution in [2.45, 2.75) is 6.18 Å². The molecule has 9 heteroatoms. The Labute approximate surface area is 144 Å². The van der Waals surface area contributed by atoms with Crippen LogP contribution in [-0.2, 0) is 13.2 Å². The Bertz CT molecular complexity index is 797. The highest BCUT2D eigenvalue weighted by molar-refractivity contribution is 6.42. The summed E-state index contributed by atoms with van der Waals surface area (Å²) in [5.41, 5.74) is -1.36.